The standard InChI is InChI=1S/C15H16O3/c1-8-4-5-9(2)11(6-8)12-7-13(16)15(18)14(17)10(12)3/h4-7,16-18H,1-3H3. The lowest BCUT2D eigenvalue weighted by Gasteiger charge is -2.13. The van der Waals surface area contributed by atoms with Crippen LogP contribution in [0.3, 0.4) is 0 Å². The molecule has 0 fully saturated rings. The monoisotopic (exact) mass is 244 g/mol. The van der Waals surface area contributed by atoms with Crippen LogP contribution in [0, 0.1) is 20.8 Å². The van der Waals surface area contributed by atoms with E-state index in [0.29, 0.717) is 5.56 Å². The second-order valence-electron chi connectivity index (χ2n) is 4.58. The van der Waals surface area contributed by atoms with Gasteiger partial charge in [-0.1, -0.05) is 23.8 Å². The van der Waals surface area contributed by atoms with Crippen LogP contribution in [0.25, 0.3) is 11.1 Å². The molecule has 0 aliphatic rings. The maximum Gasteiger partial charge on any atom is 0.200 e. The molecule has 18 heavy (non-hydrogen) atoms. The molecule has 2 rings (SSSR count). The number of benzene rings is 2. The zero-order valence-electron chi connectivity index (χ0n) is 10.7. The molecule has 2 aromatic rings. The van der Waals surface area contributed by atoms with Crippen LogP contribution in [0.4, 0.5) is 0 Å². The summed E-state index contributed by atoms with van der Waals surface area (Å²) in [5.74, 6) is -1.05. The van der Waals surface area contributed by atoms with Gasteiger partial charge >= 0.3 is 0 Å². The molecule has 0 saturated heterocycles. The molecule has 0 aromatic heterocycles. The first kappa shape index (κ1) is 12.3. The molecule has 3 heteroatoms. The van der Waals surface area contributed by atoms with Crippen LogP contribution in [-0.4, -0.2) is 15.3 Å². The third-order valence-corrected chi connectivity index (χ3v) is 3.19. The van der Waals surface area contributed by atoms with E-state index in [2.05, 4.69) is 0 Å². The summed E-state index contributed by atoms with van der Waals surface area (Å²) in [6, 6.07) is 7.47. The van der Waals surface area contributed by atoms with Crippen molar-refractivity contribution < 1.29 is 15.3 Å². The van der Waals surface area contributed by atoms with Gasteiger partial charge in [0.1, 0.15) is 0 Å². The van der Waals surface area contributed by atoms with Crippen molar-refractivity contribution in [3.05, 3.63) is 41.0 Å². The summed E-state index contributed by atoms with van der Waals surface area (Å²) in [5.41, 5.74) is 4.37. The highest BCUT2D eigenvalue weighted by molar-refractivity contribution is 5.77. The highest BCUT2D eigenvalue weighted by Gasteiger charge is 2.15. The van der Waals surface area contributed by atoms with E-state index in [4.69, 9.17) is 0 Å². The lowest BCUT2D eigenvalue weighted by atomic mass is 9.94. The summed E-state index contributed by atoms with van der Waals surface area (Å²) >= 11 is 0. The number of phenols is 3. The van der Waals surface area contributed by atoms with Crippen LogP contribution in [-0.2, 0) is 0 Å². The van der Waals surface area contributed by atoms with E-state index in [1.807, 2.05) is 32.0 Å². The van der Waals surface area contributed by atoms with Gasteiger partial charge in [0.25, 0.3) is 0 Å². The molecule has 0 saturated carbocycles. The Balaban J connectivity index is 2.75. The number of aryl methyl sites for hydroxylation is 2. The molecule has 3 nitrogen and oxygen atoms in total. The zero-order valence-corrected chi connectivity index (χ0v) is 10.7. The van der Waals surface area contributed by atoms with Gasteiger partial charge in [0, 0.05) is 5.56 Å². The molecule has 0 atom stereocenters. The Hall–Kier alpha value is -2.16. The second kappa shape index (κ2) is 4.26. The number of aromatic hydroxyl groups is 3. The fourth-order valence-electron chi connectivity index (χ4n) is 2.05. The van der Waals surface area contributed by atoms with E-state index < -0.39 is 5.75 Å². The molecule has 0 unspecified atom stereocenters. The molecule has 0 bridgehead atoms. The van der Waals surface area contributed by atoms with Gasteiger partial charge in [0.05, 0.1) is 0 Å². The molecule has 2 aromatic carbocycles. The third kappa shape index (κ3) is 1.88. The van der Waals surface area contributed by atoms with Crippen molar-refractivity contribution in [1.82, 2.24) is 0 Å². The van der Waals surface area contributed by atoms with Crippen molar-refractivity contribution in [3.8, 4) is 28.4 Å². The van der Waals surface area contributed by atoms with Crippen LogP contribution in [0.2, 0.25) is 0 Å². The van der Waals surface area contributed by atoms with E-state index >= 15 is 0 Å². The van der Waals surface area contributed by atoms with Crippen molar-refractivity contribution in [2.45, 2.75) is 20.8 Å². The maximum atomic E-state index is 9.78. The van der Waals surface area contributed by atoms with Crippen LogP contribution in [0.5, 0.6) is 17.2 Å². The van der Waals surface area contributed by atoms with E-state index in [0.717, 1.165) is 22.3 Å². The van der Waals surface area contributed by atoms with E-state index in [-0.39, 0.29) is 11.5 Å². The molecular weight excluding hydrogens is 228 g/mol. The SMILES string of the molecule is Cc1ccc(C)c(-c2cc(O)c(O)c(O)c2C)c1. The maximum absolute atomic E-state index is 9.78. The summed E-state index contributed by atoms with van der Waals surface area (Å²) in [5, 5.41) is 28.9. The normalized spacial score (nSPS) is 10.6. The van der Waals surface area contributed by atoms with E-state index in [9.17, 15) is 15.3 Å². The van der Waals surface area contributed by atoms with Gasteiger partial charge in [0.15, 0.2) is 11.5 Å². The molecule has 0 radical (unpaired) electrons. The fourth-order valence-corrected chi connectivity index (χ4v) is 2.05. The van der Waals surface area contributed by atoms with Gasteiger partial charge in [-0.25, -0.2) is 0 Å². The molecule has 94 valence electrons. The van der Waals surface area contributed by atoms with Crippen LogP contribution < -0.4 is 0 Å². The largest absolute Gasteiger partial charge is 0.504 e. The predicted molar refractivity (Wildman–Crippen MR) is 71.1 cm³/mol. The Morgan fingerprint density at radius 1 is 0.778 bits per heavy atom. The first-order chi connectivity index (χ1) is 8.41. The summed E-state index contributed by atoms with van der Waals surface area (Å²) in [6.45, 7) is 5.67. The van der Waals surface area contributed by atoms with Gasteiger partial charge in [-0.05, 0) is 43.5 Å². The van der Waals surface area contributed by atoms with Gasteiger partial charge in [-0.2, -0.15) is 0 Å². The first-order valence-electron chi connectivity index (χ1n) is 5.74. The predicted octanol–water partition coefficient (Wildman–Crippen LogP) is 3.40. The summed E-state index contributed by atoms with van der Waals surface area (Å²) in [7, 11) is 0. The minimum atomic E-state index is -0.471. The summed E-state index contributed by atoms with van der Waals surface area (Å²) in [6.07, 6.45) is 0. The van der Waals surface area contributed by atoms with E-state index in [1.165, 1.54) is 6.07 Å². The molecular formula is C15H16O3. The number of hydrogen-bond donors (Lipinski definition) is 3. The number of phenolic OH excluding ortho intramolecular Hbond substituents is 3. The Morgan fingerprint density at radius 3 is 2.11 bits per heavy atom. The van der Waals surface area contributed by atoms with Gasteiger partial charge in [-0.15, -0.1) is 0 Å². The average Bonchev–Trinajstić information content (AvgIpc) is 2.34. The van der Waals surface area contributed by atoms with Crippen LogP contribution in [0.1, 0.15) is 16.7 Å². The zero-order chi connectivity index (χ0) is 13.4. The molecule has 0 spiro atoms. The Kier molecular flexibility index (Phi) is 2.91. The van der Waals surface area contributed by atoms with Crippen molar-refractivity contribution >= 4 is 0 Å². The van der Waals surface area contributed by atoms with Crippen LogP contribution >= 0.6 is 0 Å². The minimum Gasteiger partial charge on any atom is -0.504 e. The smallest absolute Gasteiger partial charge is 0.200 e. The molecule has 0 aliphatic carbocycles. The lowest BCUT2D eigenvalue weighted by molar-refractivity contribution is 0.366. The van der Waals surface area contributed by atoms with Crippen molar-refractivity contribution in [2.24, 2.45) is 0 Å². The third-order valence-electron chi connectivity index (χ3n) is 3.19. The number of rotatable bonds is 1. The summed E-state index contributed by atoms with van der Waals surface area (Å²) in [4.78, 5) is 0. The van der Waals surface area contributed by atoms with Gasteiger partial charge < -0.3 is 15.3 Å². The first-order valence-corrected chi connectivity index (χ1v) is 5.74. The number of hydrogen-bond acceptors (Lipinski definition) is 3. The Morgan fingerprint density at radius 2 is 1.44 bits per heavy atom. The highest BCUT2D eigenvalue weighted by atomic mass is 16.3. The second-order valence-corrected chi connectivity index (χ2v) is 4.58. The highest BCUT2D eigenvalue weighted by Crippen LogP contribution is 2.43. The van der Waals surface area contributed by atoms with Crippen LogP contribution in [0.15, 0.2) is 24.3 Å². The molecule has 0 amide bonds. The van der Waals surface area contributed by atoms with Crippen molar-refractivity contribution in [2.75, 3.05) is 0 Å². The Bertz CT molecular complexity index is 616. The average molecular weight is 244 g/mol. The quantitative estimate of drug-likeness (QED) is 0.674. The molecule has 0 heterocycles. The summed E-state index contributed by atoms with van der Waals surface area (Å²) < 4.78 is 0. The van der Waals surface area contributed by atoms with Crippen molar-refractivity contribution in [3.63, 3.8) is 0 Å². The fraction of sp³-hybridized carbons (Fsp3) is 0.200. The van der Waals surface area contributed by atoms with Crippen molar-refractivity contribution in [1.29, 1.82) is 0 Å². The van der Waals surface area contributed by atoms with E-state index in [1.54, 1.807) is 6.92 Å². The minimum absolute atomic E-state index is 0.272. The molecule has 0 aliphatic heterocycles. The lowest BCUT2D eigenvalue weighted by Crippen LogP contribution is -1.89. The van der Waals surface area contributed by atoms with Gasteiger partial charge in [0.2, 0.25) is 5.75 Å². The molecule has 3 N–H and O–H groups in total. The Labute approximate surface area is 106 Å². The topological polar surface area (TPSA) is 60.7 Å². The van der Waals surface area contributed by atoms with Gasteiger partial charge in [-0.3, -0.25) is 0 Å².